The van der Waals surface area contributed by atoms with Crippen molar-refractivity contribution in [3.05, 3.63) is 35.9 Å². The molecule has 2 N–H and O–H groups in total. The normalized spacial score (nSPS) is 14.5. The fourth-order valence-electron chi connectivity index (χ4n) is 2.71. The number of hydrogen-bond donors (Lipinski definition) is 2. The molecule has 8 heteroatoms. The van der Waals surface area contributed by atoms with E-state index in [1.54, 1.807) is 20.8 Å². The number of amides is 1. The van der Waals surface area contributed by atoms with Crippen molar-refractivity contribution in [2.75, 3.05) is 6.61 Å². The summed E-state index contributed by atoms with van der Waals surface area (Å²) in [6, 6.07) is 8.80. The maximum Gasteiger partial charge on any atom is 0.408 e. The predicted octanol–water partition coefficient (Wildman–Crippen LogP) is 5.35. The number of carboxylic acids is 1. The monoisotopic (exact) mass is 467 g/mol. The second kappa shape index (κ2) is 11.8. The van der Waals surface area contributed by atoms with Gasteiger partial charge >= 0.3 is 12.1 Å². The Kier molecular flexibility index (Phi) is 10.4. The van der Waals surface area contributed by atoms with Crippen molar-refractivity contribution >= 4 is 20.4 Å². The molecular formula is C24H41NO6Si. The third kappa shape index (κ3) is 10.6. The summed E-state index contributed by atoms with van der Waals surface area (Å²) in [6.07, 6.45) is -0.370. The first-order valence-corrected chi connectivity index (χ1v) is 14.0. The largest absolute Gasteiger partial charge is 0.480 e. The van der Waals surface area contributed by atoms with Gasteiger partial charge in [0.05, 0.1) is 19.3 Å². The highest BCUT2D eigenvalue weighted by molar-refractivity contribution is 6.74. The molecule has 0 fully saturated rings. The zero-order valence-electron chi connectivity index (χ0n) is 20.9. The molecule has 0 aliphatic rings. The number of ether oxygens (including phenoxy) is 2. The van der Waals surface area contributed by atoms with Crippen LogP contribution in [-0.2, 0) is 25.3 Å². The van der Waals surface area contributed by atoms with Crippen molar-refractivity contribution in [3.63, 3.8) is 0 Å². The maximum atomic E-state index is 12.1. The summed E-state index contributed by atoms with van der Waals surface area (Å²) in [6.45, 7) is 16.8. The molecule has 0 radical (unpaired) electrons. The molecule has 1 rings (SSSR count). The number of carbonyl (C=O) groups is 2. The zero-order chi connectivity index (χ0) is 24.6. The zero-order valence-corrected chi connectivity index (χ0v) is 21.9. The molecule has 0 aromatic heterocycles. The maximum absolute atomic E-state index is 12.1. The molecule has 32 heavy (non-hydrogen) atoms. The topological polar surface area (TPSA) is 94.1 Å². The van der Waals surface area contributed by atoms with Crippen LogP contribution in [-0.4, -0.2) is 49.8 Å². The van der Waals surface area contributed by atoms with Gasteiger partial charge in [0, 0.05) is 0 Å². The summed E-state index contributed by atoms with van der Waals surface area (Å²) in [5.74, 6) is -1.10. The Morgan fingerprint density at radius 2 is 1.62 bits per heavy atom. The van der Waals surface area contributed by atoms with E-state index < -0.39 is 32.0 Å². The van der Waals surface area contributed by atoms with E-state index in [4.69, 9.17) is 13.9 Å². The Morgan fingerprint density at radius 3 is 2.12 bits per heavy atom. The fraction of sp³-hybridized carbons (Fsp3) is 0.667. The van der Waals surface area contributed by atoms with Crippen LogP contribution >= 0.6 is 0 Å². The van der Waals surface area contributed by atoms with E-state index in [2.05, 4.69) is 39.2 Å². The molecule has 0 unspecified atom stereocenters. The van der Waals surface area contributed by atoms with Crippen molar-refractivity contribution in [2.45, 2.75) is 96.9 Å². The number of carboxylic acid groups (broad SMARTS) is 1. The Bertz CT molecular complexity index is 724. The minimum atomic E-state index is -2.10. The van der Waals surface area contributed by atoms with Crippen LogP contribution in [0.1, 0.15) is 59.9 Å². The lowest BCUT2D eigenvalue weighted by atomic mass is 10.1. The summed E-state index contributed by atoms with van der Waals surface area (Å²) in [5, 5.41) is 12.0. The summed E-state index contributed by atoms with van der Waals surface area (Å²) >= 11 is 0. The standard InChI is InChI=1S/C24H41NO6Si/c1-23(2,3)30-22(28)25-20(21(26)27)15-14-19(31-32(7,8)24(4,5)6)17-29-16-18-12-10-9-11-13-18/h9-13,19-20H,14-17H2,1-8H3,(H,25,28)(H,26,27)/t19-,20-/m0/s1. The second-order valence-electron chi connectivity index (χ2n) is 10.6. The fourth-order valence-corrected chi connectivity index (χ4v) is 4.08. The van der Waals surface area contributed by atoms with Gasteiger partial charge in [-0.3, -0.25) is 0 Å². The molecule has 0 aliphatic heterocycles. The van der Waals surface area contributed by atoms with E-state index in [1.807, 2.05) is 30.3 Å². The first-order valence-electron chi connectivity index (χ1n) is 11.1. The molecule has 2 atom stereocenters. The number of aliphatic carboxylic acids is 1. The molecule has 0 saturated carbocycles. The van der Waals surface area contributed by atoms with Crippen molar-refractivity contribution in [2.24, 2.45) is 0 Å². The van der Waals surface area contributed by atoms with Crippen LogP contribution in [0, 0.1) is 0 Å². The Morgan fingerprint density at radius 1 is 1.03 bits per heavy atom. The van der Waals surface area contributed by atoms with Gasteiger partial charge in [-0.05, 0) is 57.3 Å². The first-order chi connectivity index (χ1) is 14.6. The van der Waals surface area contributed by atoms with Crippen LogP contribution in [0.4, 0.5) is 4.79 Å². The number of hydrogen-bond acceptors (Lipinski definition) is 5. The lowest BCUT2D eigenvalue weighted by molar-refractivity contribution is -0.139. The predicted molar refractivity (Wildman–Crippen MR) is 128 cm³/mol. The molecule has 1 aromatic carbocycles. The van der Waals surface area contributed by atoms with Gasteiger partial charge in [0.25, 0.3) is 0 Å². The Hall–Kier alpha value is -1.90. The average molecular weight is 468 g/mol. The molecule has 0 aliphatic carbocycles. The van der Waals surface area contributed by atoms with Gasteiger partial charge in [-0.25, -0.2) is 9.59 Å². The smallest absolute Gasteiger partial charge is 0.408 e. The molecule has 0 heterocycles. The van der Waals surface area contributed by atoms with Crippen LogP contribution in [0.3, 0.4) is 0 Å². The highest BCUT2D eigenvalue weighted by atomic mass is 28.4. The van der Waals surface area contributed by atoms with Crippen LogP contribution in [0.25, 0.3) is 0 Å². The van der Waals surface area contributed by atoms with Crippen LogP contribution in [0.2, 0.25) is 18.1 Å². The highest BCUT2D eigenvalue weighted by Gasteiger charge is 2.39. The van der Waals surface area contributed by atoms with Gasteiger partial charge in [-0.1, -0.05) is 51.1 Å². The number of alkyl carbamates (subject to hydrolysis) is 1. The average Bonchev–Trinajstić information content (AvgIpc) is 2.62. The van der Waals surface area contributed by atoms with E-state index >= 15 is 0 Å². The second-order valence-corrected chi connectivity index (χ2v) is 15.4. The molecular weight excluding hydrogens is 426 g/mol. The molecule has 0 bridgehead atoms. The quantitative estimate of drug-likeness (QED) is 0.426. The van der Waals surface area contributed by atoms with Crippen molar-refractivity contribution in [1.82, 2.24) is 5.32 Å². The number of nitrogens with one attached hydrogen (secondary N) is 1. The number of benzene rings is 1. The van der Waals surface area contributed by atoms with E-state index in [0.29, 0.717) is 19.6 Å². The molecule has 182 valence electrons. The lowest BCUT2D eigenvalue weighted by Gasteiger charge is -2.39. The van der Waals surface area contributed by atoms with E-state index in [9.17, 15) is 14.7 Å². The third-order valence-corrected chi connectivity index (χ3v) is 9.98. The Labute approximate surface area is 194 Å². The third-order valence-electron chi connectivity index (χ3n) is 5.45. The molecule has 1 aromatic rings. The summed E-state index contributed by atoms with van der Waals surface area (Å²) in [4.78, 5) is 23.8. The minimum absolute atomic E-state index is 0.00560. The van der Waals surface area contributed by atoms with Gasteiger partial charge in [-0.2, -0.15) is 0 Å². The number of rotatable bonds is 11. The first kappa shape index (κ1) is 28.1. The van der Waals surface area contributed by atoms with Gasteiger partial charge in [0.15, 0.2) is 8.32 Å². The van der Waals surface area contributed by atoms with Crippen LogP contribution in [0.15, 0.2) is 30.3 Å². The molecule has 7 nitrogen and oxygen atoms in total. The molecule has 0 spiro atoms. The van der Waals surface area contributed by atoms with Crippen molar-refractivity contribution in [3.8, 4) is 0 Å². The summed E-state index contributed by atoms with van der Waals surface area (Å²) in [5.41, 5.74) is 0.362. The molecule has 1 amide bonds. The molecule has 0 saturated heterocycles. The minimum Gasteiger partial charge on any atom is -0.480 e. The van der Waals surface area contributed by atoms with Gasteiger partial charge in [0.1, 0.15) is 11.6 Å². The van der Waals surface area contributed by atoms with Gasteiger partial charge in [0.2, 0.25) is 0 Å². The van der Waals surface area contributed by atoms with E-state index in [0.717, 1.165) is 5.56 Å². The van der Waals surface area contributed by atoms with Crippen LogP contribution in [0.5, 0.6) is 0 Å². The van der Waals surface area contributed by atoms with Gasteiger partial charge < -0.3 is 24.3 Å². The van der Waals surface area contributed by atoms with E-state index in [-0.39, 0.29) is 17.6 Å². The van der Waals surface area contributed by atoms with Crippen LogP contribution < -0.4 is 5.32 Å². The Balaban J connectivity index is 2.80. The van der Waals surface area contributed by atoms with E-state index in [1.165, 1.54) is 0 Å². The summed E-state index contributed by atoms with van der Waals surface area (Å²) in [7, 11) is -2.10. The lowest BCUT2D eigenvalue weighted by Crippen LogP contribution is -2.47. The summed E-state index contributed by atoms with van der Waals surface area (Å²) < 4.78 is 17.7. The van der Waals surface area contributed by atoms with Crippen molar-refractivity contribution in [1.29, 1.82) is 0 Å². The van der Waals surface area contributed by atoms with Crippen molar-refractivity contribution < 1.29 is 28.6 Å². The van der Waals surface area contributed by atoms with Gasteiger partial charge in [-0.15, -0.1) is 0 Å². The highest BCUT2D eigenvalue weighted by Crippen LogP contribution is 2.37. The number of carbonyl (C=O) groups excluding carboxylic acids is 1. The SMILES string of the molecule is CC(C)(C)OC(=O)N[C@@H](CC[C@@H](COCc1ccccc1)O[Si](C)(C)C(C)(C)C)C(=O)O.